The number of aromatic nitrogens is 2. The van der Waals surface area contributed by atoms with Gasteiger partial charge < -0.3 is 10.3 Å². The first-order valence-electron chi connectivity index (χ1n) is 5.06. The molecule has 0 spiro atoms. The number of nitrogens with zero attached hydrogens (tertiary/aromatic N) is 2. The molecule has 2 N–H and O–H groups in total. The Morgan fingerprint density at radius 2 is 2.06 bits per heavy atom. The molecule has 0 radical (unpaired) electrons. The molecule has 1 aromatic carbocycles. The molecule has 0 saturated heterocycles. The summed E-state index contributed by atoms with van der Waals surface area (Å²) in [6.07, 6.45) is 0.780. The van der Waals surface area contributed by atoms with Gasteiger partial charge in [-0.25, -0.2) is 0 Å². The van der Waals surface area contributed by atoms with Crippen molar-refractivity contribution in [2.24, 2.45) is 5.73 Å². The first kappa shape index (κ1) is 11.3. The van der Waals surface area contributed by atoms with E-state index in [0.29, 0.717) is 11.7 Å². The van der Waals surface area contributed by atoms with E-state index in [1.807, 2.05) is 31.2 Å². The summed E-state index contributed by atoms with van der Waals surface area (Å²) in [4.78, 5) is 4.26. The molecular weight excluding hydrogens is 270 g/mol. The van der Waals surface area contributed by atoms with Gasteiger partial charge in [-0.05, 0) is 30.7 Å². The Morgan fingerprint density at radius 3 is 2.69 bits per heavy atom. The molecule has 16 heavy (non-hydrogen) atoms. The lowest BCUT2D eigenvalue weighted by molar-refractivity contribution is 0.352. The van der Waals surface area contributed by atoms with Crippen LogP contribution in [0.15, 0.2) is 33.3 Å². The molecule has 0 saturated carbocycles. The van der Waals surface area contributed by atoms with Gasteiger partial charge in [0.05, 0.1) is 6.04 Å². The second-order valence-electron chi connectivity index (χ2n) is 3.48. The summed E-state index contributed by atoms with van der Waals surface area (Å²) in [5.74, 6) is 1.06. The van der Waals surface area contributed by atoms with Crippen molar-refractivity contribution in [3.8, 4) is 11.4 Å². The van der Waals surface area contributed by atoms with Crippen LogP contribution in [-0.4, -0.2) is 10.1 Å². The Kier molecular flexibility index (Phi) is 3.36. The molecule has 0 fully saturated rings. The van der Waals surface area contributed by atoms with Crippen molar-refractivity contribution in [2.75, 3.05) is 0 Å². The van der Waals surface area contributed by atoms with Crippen LogP contribution in [0.3, 0.4) is 0 Å². The van der Waals surface area contributed by atoms with E-state index in [2.05, 4.69) is 26.1 Å². The lowest BCUT2D eigenvalue weighted by atomic mass is 10.2. The van der Waals surface area contributed by atoms with Gasteiger partial charge in [-0.2, -0.15) is 4.98 Å². The predicted molar refractivity (Wildman–Crippen MR) is 64.7 cm³/mol. The standard InChI is InChI=1S/C11H12BrN3O/c1-2-9(13)11-14-10(15-16-11)7-3-5-8(12)6-4-7/h3-6,9H,2,13H2,1H3/t9-/m0/s1. The fraction of sp³-hybridized carbons (Fsp3) is 0.273. The molecule has 0 aliphatic heterocycles. The van der Waals surface area contributed by atoms with Crippen molar-refractivity contribution in [2.45, 2.75) is 19.4 Å². The number of rotatable bonds is 3. The fourth-order valence-electron chi connectivity index (χ4n) is 1.28. The van der Waals surface area contributed by atoms with Crippen LogP contribution in [0.1, 0.15) is 25.3 Å². The average molecular weight is 282 g/mol. The summed E-state index contributed by atoms with van der Waals surface area (Å²) in [5.41, 5.74) is 6.72. The number of hydrogen-bond acceptors (Lipinski definition) is 4. The molecule has 0 amide bonds. The Hall–Kier alpha value is -1.20. The van der Waals surface area contributed by atoms with Crippen molar-refractivity contribution in [1.29, 1.82) is 0 Å². The van der Waals surface area contributed by atoms with Crippen molar-refractivity contribution < 1.29 is 4.52 Å². The molecule has 1 atom stereocenters. The molecule has 84 valence electrons. The number of hydrogen-bond donors (Lipinski definition) is 1. The SMILES string of the molecule is CC[C@H](N)c1nc(-c2ccc(Br)cc2)no1. The maximum atomic E-state index is 5.81. The van der Waals surface area contributed by atoms with Crippen LogP contribution >= 0.6 is 15.9 Å². The van der Waals surface area contributed by atoms with E-state index in [9.17, 15) is 0 Å². The van der Waals surface area contributed by atoms with Gasteiger partial charge in [-0.3, -0.25) is 0 Å². The van der Waals surface area contributed by atoms with Crippen LogP contribution in [0.25, 0.3) is 11.4 Å². The minimum atomic E-state index is -0.184. The van der Waals surface area contributed by atoms with Gasteiger partial charge in [-0.1, -0.05) is 28.0 Å². The molecule has 5 heteroatoms. The molecule has 0 aliphatic carbocycles. The molecule has 2 rings (SSSR count). The van der Waals surface area contributed by atoms with E-state index in [0.717, 1.165) is 16.5 Å². The van der Waals surface area contributed by atoms with Gasteiger partial charge in [0.15, 0.2) is 0 Å². The highest BCUT2D eigenvalue weighted by Gasteiger charge is 2.13. The summed E-state index contributed by atoms with van der Waals surface area (Å²) >= 11 is 3.37. The zero-order valence-corrected chi connectivity index (χ0v) is 10.4. The van der Waals surface area contributed by atoms with Crippen LogP contribution in [0.2, 0.25) is 0 Å². The summed E-state index contributed by atoms with van der Waals surface area (Å²) in [6.45, 7) is 1.98. The summed E-state index contributed by atoms with van der Waals surface area (Å²) in [7, 11) is 0. The summed E-state index contributed by atoms with van der Waals surface area (Å²) in [5, 5.41) is 3.90. The smallest absolute Gasteiger partial charge is 0.243 e. The van der Waals surface area contributed by atoms with Crippen LogP contribution in [0, 0.1) is 0 Å². The van der Waals surface area contributed by atoms with Crippen molar-refractivity contribution in [1.82, 2.24) is 10.1 Å². The lowest BCUT2D eigenvalue weighted by Crippen LogP contribution is -2.08. The Balaban J connectivity index is 2.28. The fourth-order valence-corrected chi connectivity index (χ4v) is 1.54. The highest BCUT2D eigenvalue weighted by molar-refractivity contribution is 9.10. The average Bonchev–Trinajstić information content (AvgIpc) is 2.78. The Morgan fingerprint density at radius 1 is 1.38 bits per heavy atom. The van der Waals surface area contributed by atoms with Crippen LogP contribution in [0.5, 0.6) is 0 Å². The molecular formula is C11H12BrN3O. The van der Waals surface area contributed by atoms with Gasteiger partial charge in [-0.15, -0.1) is 0 Å². The zero-order valence-electron chi connectivity index (χ0n) is 8.85. The number of nitrogens with two attached hydrogens (primary N) is 1. The van der Waals surface area contributed by atoms with E-state index >= 15 is 0 Å². The first-order chi connectivity index (χ1) is 7.70. The minimum absolute atomic E-state index is 0.184. The highest BCUT2D eigenvalue weighted by Crippen LogP contribution is 2.20. The quantitative estimate of drug-likeness (QED) is 0.940. The van der Waals surface area contributed by atoms with Gasteiger partial charge in [0.25, 0.3) is 0 Å². The number of benzene rings is 1. The van der Waals surface area contributed by atoms with E-state index in [1.165, 1.54) is 0 Å². The second-order valence-corrected chi connectivity index (χ2v) is 4.39. The summed E-state index contributed by atoms with van der Waals surface area (Å²) < 4.78 is 6.12. The summed E-state index contributed by atoms with van der Waals surface area (Å²) in [6, 6.07) is 7.54. The third-order valence-electron chi connectivity index (χ3n) is 2.30. The molecule has 4 nitrogen and oxygen atoms in total. The predicted octanol–water partition coefficient (Wildman–Crippen LogP) is 2.91. The molecule has 0 unspecified atom stereocenters. The Bertz CT molecular complexity index is 466. The van der Waals surface area contributed by atoms with E-state index in [-0.39, 0.29) is 6.04 Å². The lowest BCUT2D eigenvalue weighted by Gasteiger charge is -1.99. The largest absolute Gasteiger partial charge is 0.337 e. The third kappa shape index (κ3) is 2.31. The second kappa shape index (κ2) is 4.76. The van der Waals surface area contributed by atoms with Gasteiger partial charge >= 0.3 is 0 Å². The van der Waals surface area contributed by atoms with E-state index in [1.54, 1.807) is 0 Å². The monoisotopic (exact) mass is 281 g/mol. The third-order valence-corrected chi connectivity index (χ3v) is 2.83. The van der Waals surface area contributed by atoms with Gasteiger partial charge in [0.1, 0.15) is 0 Å². The van der Waals surface area contributed by atoms with E-state index < -0.39 is 0 Å². The normalized spacial score (nSPS) is 12.7. The first-order valence-corrected chi connectivity index (χ1v) is 5.85. The molecule has 1 aromatic heterocycles. The molecule has 0 aliphatic rings. The molecule has 1 heterocycles. The van der Waals surface area contributed by atoms with Crippen LogP contribution in [-0.2, 0) is 0 Å². The number of halogens is 1. The molecule has 2 aromatic rings. The molecule has 0 bridgehead atoms. The van der Waals surface area contributed by atoms with Crippen LogP contribution < -0.4 is 5.73 Å². The maximum Gasteiger partial charge on any atom is 0.243 e. The topological polar surface area (TPSA) is 64.9 Å². The highest BCUT2D eigenvalue weighted by atomic mass is 79.9. The maximum absolute atomic E-state index is 5.81. The van der Waals surface area contributed by atoms with E-state index in [4.69, 9.17) is 10.3 Å². The van der Waals surface area contributed by atoms with Crippen molar-refractivity contribution >= 4 is 15.9 Å². The van der Waals surface area contributed by atoms with Crippen LogP contribution in [0.4, 0.5) is 0 Å². The Labute approximate surface area is 102 Å². The minimum Gasteiger partial charge on any atom is -0.337 e. The van der Waals surface area contributed by atoms with Crippen molar-refractivity contribution in [3.05, 3.63) is 34.6 Å². The van der Waals surface area contributed by atoms with Gasteiger partial charge in [0.2, 0.25) is 11.7 Å². The van der Waals surface area contributed by atoms with Crippen molar-refractivity contribution in [3.63, 3.8) is 0 Å². The zero-order chi connectivity index (χ0) is 11.5. The van der Waals surface area contributed by atoms with Gasteiger partial charge in [0, 0.05) is 10.0 Å².